The number of carbonyl (C=O) groups is 1. The highest BCUT2D eigenvalue weighted by Crippen LogP contribution is 2.28. The van der Waals surface area contributed by atoms with Gasteiger partial charge < -0.3 is 10.4 Å². The number of anilines is 1. The monoisotopic (exact) mass is 283 g/mol. The number of benzene rings is 2. The molecule has 3 nitrogen and oxygen atoms in total. The topological polar surface area (TPSA) is 49.3 Å². The Morgan fingerprint density at radius 2 is 1.81 bits per heavy atom. The number of phenols is 1. The van der Waals surface area contributed by atoms with Crippen LogP contribution in [-0.2, 0) is 0 Å². The summed E-state index contributed by atoms with van der Waals surface area (Å²) < 4.78 is 0. The van der Waals surface area contributed by atoms with Crippen LogP contribution in [0.15, 0.2) is 36.4 Å². The first-order valence-corrected chi connectivity index (χ1v) is 7.10. The molecule has 2 rings (SSSR count). The van der Waals surface area contributed by atoms with Crippen molar-refractivity contribution < 1.29 is 9.90 Å². The fourth-order valence-corrected chi connectivity index (χ4v) is 2.32. The predicted octanol–water partition coefficient (Wildman–Crippen LogP) is 4.38. The van der Waals surface area contributed by atoms with Gasteiger partial charge in [-0.15, -0.1) is 0 Å². The molecule has 0 aliphatic rings. The van der Waals surface area contributed by atoms with Crippen LogP contribution in [0.3, 0.4) is 0 Å². The predicted molar refractivity (Wildman–Crippen MR) is 86.1 cm³/mol. The molecule has 0 atom stereocenters. The molecule has 0 spiro atoms. The van der Waals surface area contributed by atoms with Gasteiger partial charge in [0.1, 0.15) is 5.75 Å². The molecule has 2 aromatic rings. The number of amides is 1. The Morgan fingerprint density at radius 3 is 2.43 bits per heavy atom. The SMILES string of the molecule is Cc1cc(C(=O)Nc2c(C)cccc2C(C)C)ccc1O. The van der Waals surface area contributed by atoms with Gasteiger partial charge >= 0.3 is 0 Å². The van der Waals surface area contributed by atoms with E-state index in [2.05, 4.69) is 19.2 Å². The average molecular weight is 283 g/mol. The fourth-order valence-electron chi connectivity index (χ4n) is 2.32. The molecule has 0 aliphatic heterocycles. The van der Waals surface area contributed by atoms with Crippen molar-refractivity contribution in [3.8, 4) is 5.75 Å². The molecule has 0 saturated carbocycles. The summed E-state index contributed by atoms with van der Waals surface area (Å²) in [5.41, 5.74) is 4.28. The van der Waals surface area contributed by atoms with Crippen molar-refractivity contribution in [2.45, 2.75) is 33.6 Å². The third kappa shape index (κ3) is 3.24. The standard InChI is InChI=1S/C18H21NO2/c1-11(2)15-7-5-6-12(3)17(15)19-18(21)14-8-9-16(20)13(4)10-14/h5-11,20H,1-4H3,(H,19,21). The molecular formula is C18H21NO2. The number of hydrogen-bond acceptors (Lipinski definition) is 2. The van der Waals surface area contributed by atoms with Crippen molar-refractivity contribution in [1.29, 1.82) is 0 Å². The van der Waals surface area contributed by atoms with Crippen molar-refractivity contribution in [2.75, 3.05) is 5.32 Å². The third-order valence-corrected chi connectivity index (χ3v) is 3.62. The maximum atomic E-state index is 12.4. The summed E-state index contributed by atoms with van der Waals surface area (Å²) >= 11 is 0. The third-order valence-electron chi connectivity index (χ3n) is 3.62. The Kier molecular flexibility index (Phi) is 4.32. The minimum Gasteiger partial charge on any atom is -0.508 e. The summed E-state index contributed by atoms with van der Waals surface area (Å²) in [7, 11) is 0. The van der Waals surface area contributed by atoms with Crippen LogP contribution < -0.4 is 5.32 Å². The molecule has 0 saturated heterocycles. The van der Waals surface area contributed by atoms with Gasteiger partial charge in [0.15, 0.2) is 0 Å². The number of para-hydroxylation sites is 1. The molecule has 0 heterocycles. The van der Waals surface area contributed by atoms with Crippen molar-refractivity contribution in [3.63, 3.8) is 0 Å². The zero-order chi connectivity index (χ0) is 15.6. The zero-order valence-electron chi connectivity index (χ0n) is 12.9. The molecule has 2 aromatic carbocycles. The molecule has 0 fully saturated rings. The minimum absolute atomic E-state index is 0.158. The van der Waals surface area contributed by atoms with Gasteiger partial charge in [0.2, 0.25) is 0 Å². The van der Waals surface area contributed by atoms with Crippen LogP contribution in [0.5, 0.6) is 5.75 Å². The summed E-state index contributed by atoms with van der Waals surface area (Å²) in [6.45, 7) is 7.98. The minimum atomic E-state index is -0.158. The summed E-state index contributed by atoms with van der Waals surface area (Å²) in [6, 6.07) is 10.9. The van der Waals surface area contributed by atoms with E-state index in [1.807, 2.05) is 25.1 Å². The van der Waals surface area contributed by atoms with E-state index in [1.165, 1.54) is 0 Å². The summed E-state index contributed by atoms with van der Waals surface area (Å²) in [4.78, 5) is 12.4. The first kappa shape index (κ1) is 15.1. The van der Waals surface area contributed by atoms with Crippen LogP contribution in [0.2, 0.25) is 0 Å². The number of aromatic hydroxyl groups is 1. The fraction of sp³-hybridized carbons (Fsp3) is 0.278. The second-order valence-corrected chi connectivity index (χ2v) is 5.65. The number of nitrogens with one attached hydrogen (secondary N) is 1. The first-order chi connectivity index (χ1) is 9.90. The van der Waals surface area contributed by atoms with Gasteiger partial charge in [0.25, 0.3) is 5.91 Å². The van der Waals surface area contributed by atoms with Crippen molar-refractivity contribution in [2.24, 2.45) is 0 Å². The summed E-state index contributed by atoms with van der Waals surface area (Å²) in [5.74, 6) is 0.376. The number of phenolic OH excluding ortho intramolecular Hbond substituents is 1. The van der Waals surface area contributed by atoms with Gasteiger partial charge in [-0.25, -0.2) is 0 Å². The van der Waals surface area contributed by atoms with Gasteiger partial charge in [-0.05, 0) is 54.7 Å². The number of aryl methyl sites for hydroxylation is 2. The maximum Gasteiger partial charge on any atom is 0.255 e. The van der Waals surface area contributed by atoms with E-state index in [-0.39, 0.29) is 11.7 Å². The molecule has 0 aromatic heterocycles. The number of carbonyl (C=O) groups excluding carboxylic acids is 1. The molecule has 0 bridgehead atoms. The smallest absolute Gasteiger partial charge is 0.255 e. The second-order valence-electron chi connectivity index (χ2n) is 5.65. The molecule has 1 amide bonds. The Hall–Kier alpha value is -2.29. The molecule has 0 aliphatic carbocycles. The molecular weight excluding hydrogens is 262 g/mol. The molecule has 2 N–H and O–H groups in total. The highest BCUT2D eigenvalue weighted by Gasteiger charge is 2.13. The molecule has 0 radical (unpaired) electrons. The van der Waals surface area contributed by atoms with E-state index in [0.717, 1.165) is 16.8 Å². The lowest BCUT2D eigenvalue weighted by molar-refractivity contribution is 0.102. The van der Waals surface area contributed by atoms with Crippen molar-refractivity contribution in [1.82, 2.24) is 0 Å². The van der Waals surface area contributed by atoms with Crippen LogP contribution >= 0.6 is 0 Å². The average Bonchev–Trinajstić information content (AvgIpc) is 2.43. The van der Waals surface area contributed by atoms with Crippen LogP contribution in [0, 0.1) is 13.8 Å². The van der Waals surface area contributed by atoms with Gasteiger partial charge in [-0.2, -0.15) is 0 Å². The van der Waals surface area contributed by atoms with Crippen LogP contribution in [-0.4, -0.2) is 11.0 Å². The van der Waals surface area contributed by atoms with E-state index in [0.29, 0.717) is 17.0 Å². The van der Waals surface area contributed by atoms with Gasteiger partial charge in [-0.1, -0.05) is 32.0 Å². The molecule has 3 heteroatoms. The normalized spacial score (nSPS) is 10.7. The molecule has 110 valence electrons. The van der Waals surface area contributed by atoms with E-state index in [4.69, 9.17) is 0 Å². The quantitative estimate of drug-likeness (QED) is 0.878. The zero-order valence-corrected chi connectivity index (χ0v) is 12.9. The Balaban J connectivity index is 2.33. The lowest BCUT2D eigenvalue weighted by Gasteiger charge is -2.16. The van der Waals surface area contributed by atoms with Crippen LogP contribution in [0.1, 0.15) is 46.8 Å². The first-order valence-electron chi connectivity index (χ1n) is 7.10. The highest BCUT2D eigenvalue weighted by atomic mass is 16.3. The van der Waals surface area contributed by atoms with Gasteiger partial charge in [-0.3, -0.25) is 4.79 Å². The van der Waals surface area contributed by atoms with Crippen molar-refractivity contribution in [3.05, 3.63) is 58.7 Å². The second kappa shape index (κ2) is 6.00. The van der Waals surface area contributed by atoms with Gasteiger partial charge in [0.05, 0.1) is 0 Å². The van der Waals surface area contributed by atoms with Gasteiger partial charge in [0, 0.05) is 11.3 Å². The van der Waals surface area contributed by atoms with Crippen LogP contribution in [0.25, 0.3) is 0 Å². The highest BCUT2D eigenvalue weighted by molar-refractivity contribution is 6.05. The van der Waals surface area contributed by atoms with Crippen molar-refractivity contribution >= 4 is 11.6 Å². The molecule has 21 heavy (non-hydrogen) atoms. The Labute approximate surface area is 125 Å². The van der Waals surface area contributed by atoms with E-state index < -0.39 is 0 Å². The number of hydrogen-bond donors (Lipinski definition) is 2. The maximum absolute atomic E-state index is 12.4. The molecule has 0 unspecified atom stereocenters. The van der Waals surface area contributed by atoms with E-state index in [9.17, 15) is 9.90 Å². The van der Waals surface area contributed by atoms with Crippen LogP contribution in [0.4, 0.5) is 5.69 Å². The number of rotatable bonds is 3. The Morgan fingerprint density at radius 1 is 1.10 bits per heavy atom. The largest absolute Gasteiger partial charge is 0.508 e. The van der Waals surface area contributed by atoms with E-state index >= 15 is 0 Å². The lowest BCUT2D eigenvalue weighted by atomic mass is 9.98. The van der Waals surface area contributed by atoms with E-state index in [1.54, 1.807) is 25.1 Å². The summed E-state index contributed by atoms with van der Waals surface area (Å²) in [6.07, 6.45) is 0. The summed E-state index contributed by atoms with van der Waals surface area (Å²) in [5, 5.41) is 12.5. The Bertz CT molecular complexity index is 675. The lowest BCUT2D eigenvalue weighted by Crippen LogP contribution is -2.15.